The number of aliphatic hydroxyl groups is 1. The van der Waals surface area contributed by atoms with Gasteiger partial charge in [0, 0.05) is 6.54 Å². The molecule has 1 atom stereocenters. The van der Waals surface area contributed by atoms with Crippen molar-refractivity contribution in [2.75, 3.05) is 6.54 Å². The molecule has 24 heavy (non-hydrogen) atoms. The smallest absolute Gasteiger partial charge is 0.254 e. The van der Waals surface area contributed by atoms with Crippen LogP contribution >= 0.6 is 0 Å². The first-order chi connectivity index (χ1) is 11.2. The Kier molecular flexibility index (Phi) is 7.35. The minimum atomic E-state index is -0.966. The van der Waals surface area contributed by atoms with Crippen LogP contribution in [-0.2, 0) is 4.79 Å². The Hall–Kier alpha value is -1.95. The molecule has 0 saturated heterocycles. The maximum absolute atomic E-state index is 13.7. The van der Waals surface area contributed by atoms with Crippen molar-refractivity contribution in [3.8, 4) is 0 Å². The van der Waals surface area contributed by atoms with Crippen LogP contribution in [0, 0.1) is 11.7 Å². The van der Waals surface area contributed by atoms with Crippen LogP contribution in [0.3, 0.4) is 0 Å². The topological polar surface area (TPSA) is 78.4 Å². The highest BCUT2D eigenvalue weighted by atomic mass is 19.1. The number of hydrogen-bond acceptors (Lipinski definition) is 3. The Balaban J connectivity index is 2.78. The van der Waals surface area contributed by atoms with E-state index in [0.717, 1.165) is 0 Å². The predicted molar refractivity (Wildman–Crippen MR) is 91.0 cm³/mol. The monoisotopic (exact) mass is 338 g/mol. The summed E-state index contributed by atoms with van der Waals surface area (Å²) in [6.07, 6.45) is 1.02. The molecule has 1 aromatic carbocycles. The van der Waals surface area contributed by atoms with Crippen LogP contribution in [0.2, 0.25) is 0 Å². The van der Waals surface area contributed by atoms with Crippen molar-refractivity contribution in [2.45, 2.75) is 52.2 Å². The summed E-state index contributed by atoms with van der Waals surface area (Å²) in [7, 11) is 0. The van der Waals surface area contributed by atoms with Gasteiger partial charge in [0.2, 0.25) is 5.91 Å². The standard InChI is InChI=1S/C18H27FN2O3/c1-5-18(24,6-2)11-20-17(23)15(12(3)4)21-16(22)13-9-7-8-10-14(13)19/h7-10,12,15,24H,5-6,11H2,1-4H3,(H,20,23)(H,21,22). The number of benzene rings is 1. The van der Waals surface area contributed by atoms with Gasteiger partial charge in [0.05, 0.1) is 11.2 Å². The molecule has 3 N–H and O–H groups in total. The summed E-state index contributed by atoms with van der Waals surface area (Å²) in [5, 5.41) is 15.5. The van der Waals surface area contributed by atoms with Gasteiger partial charge in [0.25, 0.3) is 5.91 Å². The van der Waals surface area contributed by atoms with Crippen LogP contribution < -0.4 is 10.6 Å². The molecular formula is C18H27FN2O3. The molecule has 0 radical (unpaired) electrons. The number of amides is 2. The van der Waals surface area contributed by atoms with Crippen LogP contribution in [0.5, 0.6) is 0 Å². The summed E-state index contributed by atoms with van der Waals surface area (Å²) in [6, 6.07) is 4.81. The van der Waals surface area contributed by atoms with E-state index >= 15 is 0 Å². The number of hydrogen-bond donors (Lipinski definition) is 3. The second kappa shape index (κ2) is 8.78. The van der Waals surface area contributed by atoms with E-state index in [1.54, 1.807) is 19.9 Å². The molecule has 0 aliphatic heterocycles. The van der Waals surface area contributed by atoms with Gasteiger partial charge in [-0.25, -0.2) is 4.39 Å². The van der Waals surface area contributed by atoms with Crippen LogP contribution in [0.1, 0.15) is 50.9 Å². The quantitative estimate of drug-likeness (QED) is 0.680. The van der Waals surface area contributed by atoms with Crippen LogP contribution in [0.15, 0.2) is 24.3 Å². The van der Waals surface area contributed by atoms with Gasteiger partial charge >= 0.3 is 0 Å². The lowest BCUT2D eigenvalue weighted by Crippen LogP contribution is -2.53. The largest absolute Gasteiger partial charge is 0.388 e. The third kappa shape index (κ3) is 5.30. The van der Waals surface area contributed by atoms with E-state index in [4.69, 9.17) is 0 Å². The first-order valence-electron chi connectivity index (χ1n) is 8.29. The molecular weight excluding hydrogens is 311 g/mol. The van der Waals surface area contributed by atoms with Crippen LogP contribution in [0.25, 0.3) is 0 Å². The SMILES string of the molecule is CCC(O)(CC)CNC(=O)C(NC(=O)c1ccccc1F)C(C)C. The summed E-state index contributed by atoms with van der Waals surface area (Å²) in [6.45, 7) is 7.37. The van der Waals surface area contributed by atoms with Crippen molar-refractivity contribution in [1.29, 1.82) is 0 Å². The van der Waals surface area contributed by atoms with Gasteiger partial charge in [-0.1, -0.05) is 39.8 Å². The van der Waals surface area contributed by atoms with Gasteiger partial charge in [0.1, 0.15) is 11.9 Å². The van der Waals surface area contributed by atoms with Gasteiger partial charge in [-0.15, -0.1) is 0 Å². The van der Waals surface area contributed by atoms with E-state index in [9.17, 15) is 19.1 Å². The average molecular weight is 338 g/mol. The Morgan fingerprint density at radius 3 is 2.29 bits per heavy atom. The van der Waals surface area contributed by atoms with Crippen molar-refractivity contribution < 1.29 is 19.1 Å². The summed E-state index contributed by atoms with van der Waals surface area (Å²) in [5.74, 6) is -1.85. The Bertz CT molecular complexity index is 571. The maximum Gasteiger partial charge on any atom is 0.254 e. The molecule has 6 heteroatoms. The first kappa shape index (κ1) is 20.1. The summed E-state index contributed by atoms with van der Waals surface area (Å²) < 4.78 is 13.7. The zero-order chi connectivity index (χ0) is 18.3. The van der Waals surface area contributed by atoms with Gasteiger partial charge in [-0.2, -0.15) is 0 Å². The third-order valence-corrected chi connectivity index (χ3v) is 4.26. The molecule has 134 valence electrons. The normalized spacial score (nSPS) is 12.8. The van der Waals surface area contributed by atoms with Gasteiger partial charge < -0.3 is 15.7 Å². The molecule has 5 nitrogen and oxygen atoms in total. The fraction of sp³-hybridized carbons (Fsp3) is 0.556. The fourth-order valence-electron chi connectivity index (χ4n) is 2.26. The van der Waals surface area contributed by atoms with Crippen molar-refractivity contribution >= 4 is 11.8 Å². The molecule has 0 heterocycles. The third-order valence-electron chi connectivity index (χ3n) is 4.26. The van der Waals surface area contributed by atoms with E-state index in [2.05, 4.69) is 10.6 Å². The maximum atomic E-state index is 13.7. The Labute approximate surface area is 142 Å². The highest BCUT2D eigenvalue weighted by Crippen LogP contribution is 2.14. The number of nitrogens with one attached hydrogen (secondary N) is 2. The Morgan fingerprint density at radius 2 is 1.79 bits per heavy atom. The van der Waals surface area contributed by atoms with E-state index in [0.29, 0.717) is 12.8 Å². The van der Waals surface area contributed by atoms with Crippen molar-refractivity contribution in [3.05, 3.63) is 35.6 Å². The lowest BCUT2D eigenvalue weighted by molar-refractivity contribution is -0.125. The van der Waals surface area contributed by atoms with E-state index < -0.39 is 29.3 Å². The Morgan fingerprint density at radius 1 is 1.21 bits per heavy atom. The van der Waals surface area contributed by atoms with Gasteiger partial charge in [0.15, 0.2) is 0 Å². The summed E-state index contributed by atoms with van der Waals surface area (Å²) in [5.41, 5.74) is -1.07. The molecule has 0 aliphatic rings. The van der Waals surface area contributed by atoms with Crippen molar-refractivity contribution in [3.63, 3.8) is 0 Å². The minimum absolute atomic E-state index is 0.102. The zero-order valence-corrected chi connectivity index (χ0v) is 14.7. The highest BCUT2D eigenvalue weighted by Gasteiger charge is 2.28. The first-order valence-corrected chi connectivity index (χ1v) is 8.29. The molecule has 0 fully saturated rings. The predicted octanol–water partition coefficient (Wildman–Crippen LogP) is 2.25. The van der Waals surface area contributed by atoms with Crippen molar-refractivity contribution in [1.82, 2.24) is 10.6 Å². The number of carbonyl (C=O) groups is 2. The molecule has 1 aromatic rings. The summed E-state index contributed by atoms with van der Waals surface area (Å²) in [4.78, 5) is 24.6. The van der Waals surface area contributed by atoms with Gasteiger partial charge in [-0.3, -0.25) is 9.59 Å². The van der Waals surface area contributed by atoms with E-state index in [-0.39, 0.29) is 18.0 Å². The highest BCUT2D eigenvalue weighted by molar-refractivity contribution is 5.97. The minimum Gasteiger partial charge on any atom is -0.388 e. The average Bonchev–Trinajstić information content (AvgIpc) is 2.57. The zero-order valence-electron chi connectivity index (χ0n) is 14.7. The molecule has 1 rings (SSSR count). The fourth-order valence-corrected chi connectivity index (χ4v) is 2.26. The lowest BCUT2D eigenvalue weighted by atomic mass is 9.96. The molecule has 1 unspecified atom stereocenters. The molecule has 0 bridgehead atoms. The molecule has 0 saturated carbocycles. The number of rotatable bonds is 8. The van der Waals surface area contributed by atoms with Crippen LogP contribution in [0.4, 0.5) is 4.39 Å². The van der Waals surface area contributed by atoms with Crippen molar-refractivity contribution in [2.24, 2.45) is 5.92 Å². The second-order valence-electron chi connectivity index (χ2n) is 6.32. The second-order valence-corrected chi connectivity index (χ2v) is 6.32. The molecule has 0 aliphatic carbocycles. The van der Waals surface area contributed by atoms with Gasteiger partial charge in [-0.05, 0) is 30.9 Å². The molecule has 0 spiro atoms. The van der Waals surface area contributed by atoms with E-state index in [1.165, 1.54) is 18.2 Å². The number of carbonyl (C=O) groups excluding carboxylic acids is 2. The lowest BCUT2D eigenvalue weighted by Gasteiger charge is -2.28. The summed E-state index contributed by atoms with van der Waals surface area (Å²) >= 11 is 0. The molecule has 2 amide bonds. The van der Waals surface area contributed by atoms with E-state index in [1.807, 2.05) is 13.8 Å². The van der Waals surface area contributed by atoms with Crippen LogP contribution in [-0.4, -0.2) is 35.1 Å². The number of halogens is 1. The molecule has 0 aromatic heterocycles.